The molecule has 0 aliphatic carbocycles. The molecule has 0 saturated carbocycles. The summed E-state index contributed by atoms with van der Waals surface area (Å²) in [5.41, 5.74) is 0.632. The lowest BCUT2D eigenvalue weighted by molar-refractivity contribution is 0.575. The van der Waals surface area contributed by atoms with E-state index >= 15 is 0 Å². The average molecular weight is 379 g/mol. The van der Waals surface area contributed by atoms with Gasteiger partial charge < -0.3 is 0 Å². The van der Waals surface area contributed by atoms with Gasteiger partial charge in [0.2, 0.25) is 0 Å². The van der Waals surface area contributed by atoms with Gasteiger partial charge in [-0.3, -0.25) is 4.68 Å². The molecule has 0 N–H and O–H groups in total. The molecule has 0 aliphatic rings. The monoisotopic (exact) mass is 377 g/mol. The molecule has 0 bridgehead atoms. The third kappa shape index (κ3) is 3.80. The summed E-state index contributed by atoms with van der Waals surface area (Å²) in [4.78, 5) is 0.298. The minimum absolute atomic E-state index is 0.0336. The van der Waals surface area contributed by atoms with Gasteiger partial charge in [-0.1, -0.05) is 21.1 Å². The summed E-state index contributed by atoms with van der Waals surface area (Å²) in [7, 11) is -3.33. The SMILES string of the molecule is CC(Cl)c1cn(CCS(=O)(=O)c2ccc(Br)cc2)nn1. The Kier molecular flexibility index (Phi) is 4.82. The number of aromatic nitrogens is 3. The highest BCUT2D eigenvalue weighted by Crippen LogP contribution is 2.17. The van der Waals surface area contributed by atoms with Crippen LogP contribution in [0, 0.1) is 0 Å². The van der Waals surface area contributed by atoms with Crippen LogP contribution in [-0.4, -0.2) is 29.2 Å². The minimum atomic E-state index is -3.33. The van der Waals surface area contributed by atoms with Gasteiger partial charge in [-0.05, 0) is 31.2 Å². The lowest BCUT2D eigenvalue weighted by Crippen LogP contribution is -2.13. The molecule has 5 nitrogen and oxygen atoms in total. The van der Waals surface area contributed by atoms with E-state index in [9.17, 15) is 8.42 Å². The number of halogens is 2. The van der Waals surface area contributed by atoms with Crippen molar-refractivity contribution in [2.75, 3.05) is 5.75 Å². The van der Waals surface area contributed by atoms with Crippen LogP contribution >= 0.6 is 27.5 Å². The predicted octanol–water partition coefficient (Wildman–Crippen LogP) is 2.81. The van der Waals surface area contributed by atoms with E-state index in [0.29, 0.717) is 10.6 Å². The van der Waals surface area contributed by atoms with Crippen LogP contribution in [0.3, 0.4) is 0 Å². The lowest BCUT2D eigenvalue weighted by Gasteiger charge is -2.04. The molecule has 1 unspecified atom stereocenters. The number of nitrogens with zero attached hydrogens (tertiary/aromatic N) is 3. The molecule has 1 atom stereocenters. The predicted molar refractivity (Wildman–Crippen MR) is 80.5 cm³/mol. The van der Waals surface area contributed by atoms with Crippen LogP contribution in [-0.2, 0) is 16.4 Å². The van der Waals surface area contributed by atoms with Crippen molar-refractivity contribution in [1.82, 2.24) is 15.0 Å². The Morgan fingerprint density at radius 2 is 2.00 bits per heavy atom. The minimum Gasteiger partial charge on any atom is -0.251 e. The first-order valence-electron chi connectivity index (χ1n) is 5.91. The topological polar surface area (TPSA) is 64.8 Å². The van der Waals surface area contributed by atoms with E-state index in [4.69, 9.17) is 11.6 Å². The van der Waals surface area contributed by atoms with Gasteiger partial charge in [-0.2, -0.15) is 0 Å². The standard InChI is InChI=1S/C12H13BrClN3O2S/c1-9(14)12-8-17(16-15-12)6-7-20(18,19)11-4-2-10(13)3-5-11/h2-5,8-9H,6-7H2,1H3. The van der Waals surface area contributed by atoms with E-state index in [-0.39, 0.29) is 17.7 Å². The molecule has 0 aliphatic heterocycles. The Labute approximate surface area is 131 Å². The highest BCUT2D eigenvalue weighted by molar-refractivity contribution is 9.10. The molecule has 1 aromatic heterocycles. The van der Waals surface area contributed by atoms with Crippen molar-refractivity contribution in [2.24, 2.45) is 0 Å². The molecule has 0 saturated heterocycles. The number of hydrogen-bond acceptors (Lipinski definition) is 4. The number of alkyl halides is 1. The molecule has 20 heavy (non-hydrogen) atoms. The zero-order chi connectivity index (χ0) is 14.8. The molecule has 2 aromatic rings. The van der Waals surface area contributed by atoms with Gasteiger partial charge in [-0.25, -0.2) is 8.42 Å². The van der Waals surface area contributed by atoms with Crippen LogP contribution in [0.4, 0.5) is 0 Å². The summed E-state index contributed by atoms with van der Waals surface area (Å²) < 4.78 is 26.6. The van der Waals surface area contributed by atoms with Gasteiger partial charge in [0.1, 0.15) is 5.69 Å². The van der Waals surface area contributed by atoms with Crippen molar-refractivity contribution in [3.05, 3.63) is 40.6 Å². The molecule has 1 aromatic carbocycles. The Hall–Kier alpha value is -0.920. The van der Waals surface area contributed by atoms with Gasteiger partial charge in [0.15, 0.2) is 9.84 Å². The van der Waals surface area contributed by atoms with Crippen LogP contribution in [0.1, 0.15) is 18.0 Å². The fraction of sp³-hybridized carbons (Fsp3) is 0.333. The molecule has 108 valence electrons. The van der Waals surface area contributed by atoms with Gasteiger partial charge >= 0.3 is 0 Å². The second-order valence-corrected chi connectivity index (χ2v) is 7.97. The normalized spacial score (nSPS) is 13.3. The molecule has 0 amide bonds. The highest BCUT2D eigenvalue weighted by atomic mass is 79.9. The fourth-order valence-corrected chi connectivity index (χ4v) is 3.16. The van der Waals surface area contributed by atoms with Crippen molar-refractivity contribution in [3.8, 4) is 0 Å². The number of aryl methyl sites for hydroxylation is 1. The molecule has 0 fully saturated rings. The summed E-state index contributed by atoms with van der Waals surface area (Å²) in [6, 6.07) is 6.56. The first-order chi connectivity index (χ1) is 9.38. The Bertz CT molecular complexity index is 683. The smallest absolute Gasteiger partial charge is 0.180 e. The Morgan fingerprint density at radius 1 is 1.35 bits per heavy atom. The van der Waals surface area contributed by atoms with Gasteiger partial charge in [0, 0.05) is 10.7 Å². The van der Waals surface area contributed by atoms with Crippen LogP contribution in [0.2, 0.25) is 0 Å². The molecular formula is C12H13BrClN3O2S. The second kappa shape index (κ2) is 6.24. The number of rotatable bonds is 5. The lowest BCUT2D eigenvalue weighted by atomic mass is 10.4. The van der Waals surface area contributed by atoms with Gasteiger partial charge in [0.25, 0.3) is 0 Å². The van der Waals surface area contributed by atoms with E-state index in [2.05, 4.69) is 26.2 Å². The summed E-state index contributed by atoms with van der Waals surface area (Å²) in [6.45, 7) is 2.03. The fourth-order valence-electron chi connectivity index (χ4n) is 1.58. The van der Waals surface area contributed by atoms with E-state index in [0.717, 1.165) is 4.47 Å². The summed E-state index contributed by atoms with van der Waals surface area (Å²) in [5.74, 6) is -0.0336. The molecule has 0 spiro atoms. The second-order valence-electron chi connectivity index (χ2n) is 4.30. The van der Waals surface area contributed by atoms with Crippen LogP contribution in [0.5, 0.6) is 0 Å². The highest BCUT2D eigenvalue weighted by Gasteiger charge is 2.15. The first-order valence-corrected chi connectivity index (χ1v) is 8.79. The summed E-state index contributed by atoms with van der Waals surface area (Å²) >= 11 is 9.15. The number of sulfone groups is 1. The largest absolute Gasteiger partial charge is 0.251 e. The maximum Gasteiger partial charge on any atom is 0.180 e. The number of hydrogen-bond donors (Lipinski definition) is 0. The molecule has 8 heteroatoms. The van der Waals surface area contributed by atoms with Gasteiger partial charge in [-0.15, -0.1) is 16.7 Å². The maximum atomic E-state index is 12.2. The Balaban J connectivity index is 2.07. The van der Waals surface area contributed by atoms with E-state index in [1.165, 1.54) is 4.68 Å². The summed E-state index contributed by atoms with van der Waals surface area (Å²) in [6.07, 6.45) is 1.66. The summed E-state index contributed by atoms with van der Waals surface area (Å²) in [5, 5.41) is 7.50. The molecule has 1 heterocycles. The van der Waals surface area contributed by atoms with E-state index < -0.39 is 9.84 Å². The van der Waals surface area contributed by atoms with Crippen molar-refractivity contribution < 1.29 is 8.42 Å². The zero-order valence-corrected chi connectivity index (χ0v) is 13.9. The van der Waals surface area contributed by atoms with Crippen LogP contribution < -0.4 is 0 Å². The average Bonchev–Trinajstić information content (AvgIpc) is 2.86. The van der Waals surface area contributed by atoms with Crippen molar-refractivity contribution in [1.29, 1.82) is 0 Å². The van der Waals surface area contributed by atoms with Gasteiger partial charge in [0.05, 0.1) is 22.6 Å². The number of benzene rings is 1. The maximum absolute atomic E-state index is 12.2. The zero-order valence-electron chi connectivity index (χ0n) is 10.7. The van der Waals surface area contributed by atoms with Crippen molar-refractivity contribution in [2.45, 2.75) is 23.7 Å². The van der Waals surface area contributed by atoms with Crippen LogP contribution in [0.15, 0.2) is 39.8 Å². The quantitative estimate of drug-likeness (QED) is 0.750. The van der Waals surface area contributed by atoms with E-state index in [1.54, 1.807) is 37.4 Å². The third-order valence-electron chi connectivity index (χ3n) is 2.73. The molecular weight excluding hydrogens is 366 g/mol. The molecule has 2 rings (SSSR count). The Morgan fingerprint density at radius 3 is 2.55 bits per heavy atom. The van der Waals surface area contributed by atoms with Crippen molar-refractivity contribution >= 4 is 37.4 Å². The molecule has 0 radical (unpaired) electrons. The third-order valence-corrected chi connectivity index (χ3v) is 5.19. The first kappa shape index (κ1) is 15.5. The van der Waals surface area contributed by atoms with Crippen molar-refractivity contribution in [3.63, 3.8) is 0 Å². The van der Waals surface area contributed by atoms with E-state index in [1.807, 2.05) is 0 Å². The van der Waals surface area contributed by atoms with Crippen LogP contribution in [0.25, 0.3) is 0 Å².